The number of anilines is 1. The summed E-state index contributed by atoms with van der Waals surface area (Å²) >= 11 is 0. The van der Waals surface area contributed by atoms with Crippen molar-refractivity contribution in [2.24, 2.45) is 0 Å². The Bertz CT molecular complexity index is 827. The molecule has 1 aliphatic rings. The Morgan fingerprint density at radius 3 is 2.19 bits per heavy atom. The number of ether oxygens (including phenoxy) is 1. The van der Waals surface area contributed by atoms with Crippen LogP contribution < -0.4 is 9.64 Å². The topological polar surface area (TPSA) is 70.1 Å². The molecule has 1 aliphatic heterocycles. The molecule has 2 aromatic carbocycles. The van der Waals surface area contributed by atoms with E-state index in [2.05, 4.69) is 0 Å². The van der Waals surface area contributed by atoms with Crippen molar-refractivity contribution in [3.63, 3.8) is 0 Å². The highest BCUT2D eigenvalue weighted by molar-refractivity contribution is 6.14. The highest BCUT2D eigenvalue weighted by Gasteiger charge is 2.43. The lowest BCUT2D eigenvalue weighted by atomic mass is 10.2. The highest BCUT2D eigenvalue weighted by atomic mass is 19.1. The maximum atomic E-state index is 13.1. The molecule has 0 bridgehead atoms. The summed E-state index contributed by atoms with van der Waals surface area (Å²) in [6.45, 7) is 1.14. The lowest BCUT2D eigenvalue weighted by molar-refractivity contribution is -0.128. The van der Waals surface area contributed by atoms with Crippen LogP contribution in [-0.4, -0.2) is 47.2 Å². The Morgan fingerprint density at radius 2 is 1.59 bits per heavy atom. The molecule has 0 spiro atoms. The minimum atomic E-state index is -1.12. The first kappa shape index (κ1) is 18.8. The molecule has 142 valence electrons. The van der Waals surface area contributed by atoms with E-state index in [0.29, 0.717) is 11.4 Å². The van der Waals surface area contributed by atoms with Gasteiger partial charge >= 0.3 is 6.03 Å². The number of aliphatic hydroxyl groups excluding tert-OH is 1. The largest absolute Gasteiger partial charge is 0.491 e. The fraction of sp³-hybridized carbons (Fsp3) is 0.263. The van der Waals surface area contributed by atoms with Crippen molar-refractivity contribution in [3.8, 4) is 5.75 Å². The Morgan fingerprint density at radius 1 is 1.04 bits per heavy atom. The average molecular weight is 376 g/mol. The van der Waals surface area contributed by atoms with Gasteiger partial charge in [-0.1, -0.05) is 0 Å². The smallest absolute Gasteiger partial charge is 0.332 e. The average Bonchev–Trinajstić information content (AvgIpc) is 2.86. The Kier molecular flexibility index (Phi) is 5.36. The van der Waals surface area contributed by atoms with Crippen molar-refractivity contribution in [3.05, 3.63) is 60.2 Å². The molecule has 6 nitrogen and oxygen atoms in total. The maximum Gasteiger partial charge on any atom is 0.332 e. The fourth-order valence-corrected chi connectivity index (χ4v) is 2.82. The number of rotatable bonds is 6. The van der Waals surface area contributed by atoms with E-state index < -0.39 is 35.7 Å². The molecule has 2 atom stereocenters. The van der Waals surface area contributed by atoms with Crippen LogP contribution in [0.1, 0.15) is 6.92 Å². The van der Waals surface area contributed by atoms with Gasteiger partial charge in [-0.15, -0.1) is 0 Å². The van der Waals surface area contributed by atoms with Crippen LogP contribution in [-0.2, 0) is 4.79 Å². The molecular weight excluding hydrogens is 358 g/mol. The van der Waals surface area contributed by atoms with E-state index in [-0.39, 0.29) is 13.2 Å². The van der Waals surface area contributed by atoms with Crippen LogP contribution in [0.5, 0.6) is 5.75 Å². The maximum absolute atomic E-state index is 13.1. The summed E-state index contributed by atoms with van der Waals surface area (Å²) in [5.74, 6) is -0.971. The number of nitrogens with zero attached hydrogens (tertiary/aromatic N) is 2. The van der Waals surface area contributed by atoms with Crippen molar-refractivity contribution in [1.29, 1.82) is 0 Å². The van der Waals surface area contributed by atoms with Crippen LogP contribution in [0.2, 0.25) is 0 Å². The number of hydrogen-bond acceptors (Lipinski definition) is 4. The van der Waals surface area contributed by atoms with E-state index in [1.54, 1.807) is 6.92 Å². The number of benzene rings is 2. The number of halogens is 2. The van der Waals surface area contributed by atoms with Crippen molar-refractivity contribution in [1.82, 2.24) is 4.90 Å². The van der Waals surface area contributed by atoms with Crippen molar-refractivity contribution in [2.75, 3.05) is 18.1 Å². The zero-order chi connectivity index (χ0) is 19.6. The second kappa shape index (κ2) is 7.71. The third-order valence-corrected chi connectivity index (χ3v) is 4.20. The molecule has 0 radical (unpaired) electrons. The number of aliphatic hydroxyl groups is 1. The van der Waals surface area contributed by atoms with Gasteiger partial charge in [0.1, 0.15) is 36.1 Å². The van der Waals surface area contributed by atoms with Gasteiger partial charge in [-0.05, 0) is 55.5 Å². The number of β-amino-alcohol motifs (C(OH)–C–C–N with tert-alkyl or cyclic N) is 1. The number of amides is 3. The Hall–Kier alpha value is -3.00. The molecule has 0 saturated carbocycles. The van der Waals surface area contributed by atoms with Gasteiger partial charge in [0, 0.05) is 5.69 Å². The molecule has 2 aromatic rings. The van der Waals surface area contributed by atoms with Gasteiger partial charge in [-0.2, -0.15) is 0 Å². The van der Waals surface area contributed by atoms with E-state index in [1.165, 1.54) is 53.4 Å². The van der Waals surface area contributed by atoms with E-state index in [9.17, 15) is 23.5 Å². The van der Waals surface area contributed by atoms with E-state index in [1.807, 2.05) is 0 Å². The normalized spacial score (nSPS) is 18.1. The zero-order valence-corrected chi connectivity index (χ0v) is 14.5. The van der Waals surface area contributed by atoms with E-state index in [4.69, 9.17) is 4.74 Å². The van der Waals surface area contributed by atoms with Crippen LogP contribution in [0, 0.1) is 11.6 Å². The summed E-state index contributed by atoms with van der Waals surface area (Å²) in [7, 11) is 0. The minimum Gasteiger partial charge on any atom is -0.491 e. The lowest BCUT2D eigenvalue weighted by Crippen LogP contribution is -2.40. The van der Waals surface area contributed by atoms with E-state index >= 15 is 0 Å². The second-order valence-corrected chi connectivity index (χ2v) is 6.17. The molecular formula is C19H18F2N2O4. The number of hydrogen-bond donors (Lipinski definition) is 1. The van der Waals surface area contributed by atoms with E-state index in [0.717, 1.165) is 4.90 Å². The standard InChI is InChI=1S/C19H18F2N2O4/c1-12-18(25)22(19(26)23(12)15-6-2-13(20)3-7-15)10-16(24)11-27-17-8-4-14(21)5-9-17/h2-9,12,16,24H,10-11H2,1H3/t12-,16-/m1/s1. The summed E-state index contributed by atoms with van der Waals surface area (Å²) in [6, 6.07) is 9.12. The van der Waals surface area contributed by atoms with Crippen molar-refractivity contribution >= 4 is 17.6 Å². The predicted molar refractivity (Wildman–Crippen MR) is 93.4 cm³/mol. The van der Waals surface area contributed by atoms with Gasteiger partial charge in [0.15, 0.2) is 0 Å². The van der Waals surface area contributed by atoms with Crippen molar-refractivity contribution in [2.45, 2.75) is 19.1 Å². The summed E-state index contributed by atoms with van der Waals surface area (Å²) < 4.78 is 31.3. The minimum absolute atomic E-state index is 0.173. The summed E-state index contributed by atoms with van der Waals surface area (Å²) in [6.07, 6.45) is -1.12. The SMILES string of the molecule is C[C@@H]1C(=O)N(C[C@@H](O)COc2ccc(F)cc2)C(=O)N1c1ccc(F)cc1. The quantitative estimate of drug-likeness (QED) is 0.787. The van der Waals surface area contributed by atoms with Crippen LogP contribution in [0.4, 0.5) is 19.3 Å². The molecule has 1 saturated heterocycles. The first-order valence-electron chi connectivity index (χ1n) is 8.33. The third-order valence-electron chi connectivity index (χ3n) is 4.20. The molecule has 27 heavy (non-hydrogen) atoms. The molecule has 3 amide bonds. The van der Waals surface area contributed by atoms with Crippen LogP contribution in [0.3, 0.4) is 0 Å². The number of imide groups is 1. The van der Waals surface area contributed by atoms with Crippen LogP contribution in [0.15, 0.2) is 48.5 Å². The summed E-state index contributed by atoms with van der Waals surface area (Å²) in [5, 5.41) is 10.1. The molecule has 1 N–H and O–H groups in total. The van der Waals surface area contributed by atoms with Gasteiger partial charge < -0.3 is 9.84 Å². The highest BCUT2D eigenvalue weighted by Crippen LogP contribution is 2.26. The fourth-order valence-electron chi connectivity index (χ4n) is 2.82. The second-order valence-electron chi connectivity index (χ2n) is 6.17. The Balaban J connectivity index is 1.63. The third kappa shape index (κ3) is 4.06. The monoisotopic (exact) mass is 376 g/mol. The number of carbonyl (C=O) groups excluding carboxylic acids is 2. The molecule has 1 fully saturated rings. The summed E-state index contributed by atoms with van der Waals surface area (Å²) in [5.41, 5.74) is 0.391. The predicted octanol–water partition coefficient (Wildman–Crippen LogP) is 2.56. The van der Waals surface area contributed by atoms with Crippen LogP contribution in [0.25, 0.3) is 0 Å². The van der Waals surface area contributed by atoms with Gasteiger partial charge in [0.2, 0.25) is 0 Å². The molecule has 0 aliphatic carbocycles. The van der Waals surface area contributed by atoms with Crippen molar-refractivity contribution < 1.29 is 28.2 Å². The van der Waals surface area contributed by atoms with Gasteiger partial charge in [0.05, 0.1) is 6.54 Å². The van der Waals surface area contributed by atoms with Crippen LogP contribution >= 0.6 is 0 Å². The summed E-state index contributed by atoms with van der Waals surface area (Å²) in [4.78, 5) is 27.2. The van der Waals surface area contributed by atoms with Gasteiger partial charge in [-0.3, -0.25) is 14.6 Å². The Labute approximate surface area is 154 Å². The molecule has 8 heteroatoms. The molecule has 0 unspecified atom stereocenters. The van der Waals surface area contributed by atoms with Gasteiger partial charge in [0.25, 0.3) is 5.91 Å². The molecule has 3 rings (SSSR count). The molecule has 0 aromatic heterocycles. The first-order chi connectivity index (χ1) is 12.9. The lowest BCUT2D eigenvalue weighted by Gasteiger charge is -2.20. The number of carbonyl (C=O) groups is 2. The first-order valence-corrected chi connectivity index (χ1v) is 8.33. The molecule has 1 heterocycles. The zero-order valence-electron chi connectivity index (χ0n) is 14.5. The number of urea groups is 1. The van der Waals surface area contributed by atoms with Gasteiger partial charge in [-0.25, -0.2) is 13.6 Å².